The lowest BCUT2D eigenvalue weighted by atomic mass is 9.93. The summed E-state index contributed by atoms with van der Waals surface area (Å²) in [5.41, 5.74) is 7.77. The number of benzene rings is 1. The van der Waals surface area contributed by atoms with Crippen molar-refractivity contribution in [2.24, 2.45) is 11.7 Å². The fourth-order valence-electron chi connectivity index (χ4n) is 3.84. The first kappa shape index (κ1) is 17.9. The summed E-state index contributed by atoms with van der Waals surface area (Å²) in [6.45, 7) is 5.37. The Kier molecular flexibility index (Phi) is 4.61. The number of fused-ring (bicyclic) bond motifs is 1. The van der Waals surface area contributed by atoms with Gasteiger partial charge >= 0.3 is 0 Å². The predicted molar refractivity (Wildman–Crippen MR) is 104 cm³/mol. The van der Waals surface area contributed by atoms with E-state index >= 15 is 0 Å². The first-order valence-electron chi connectivity index (χ1n) is 9.09. The number of amides is 1. The fraction of sp³-hybridized carbons (Fsp3) is 0.421. The smallest absolute Gasteiger partial charge is 0.230 e. The molecule has 3 heterocycles. The number of carbonyl (C=O) groups excluding carboxylic acids is 1. The van der Waals surface area contributed by atoms with E-state index in [1.54, 1.807) is 0 Å². The average Bonchev–Trinajstić information content (AvgIpc) is 3.14. The van der Waals surface area contributed by atoms with Crippen molar-refractivity contribution < 1.29 is 9.90 Å². The molecule has 1 aliphatic heterocycles. The highest BCUT2D eigenvalue weighted by molar-refractivity contribution is 7.17. The van der Waals surface area contributed by atoms with Crippen LogP contribution in [0.1, 0.15) is 40.7 Å². The molecule has 8 heteroatoms. The number of piperidine rings is 1. The van der Waals surface area contributed by atoms with Crippen LogP contribution in [0.5, 0.6) is 5.88 Å². The summed E-state index contributed by atoms with van der Waals surface area (Å²) >= 11 is 1.46. The van der Waals surface area contributed by atoms with E-state index in [9.17, 15) is 9.90 Å². The van der Waals surface area contributed by atoms with Crippen LogP contribution in [-0.2, 0) is 4.79 Å². The van der Waals surface area contributed by atoms with Crippen LogP contribution in [0.4, 0.5) is 0 Å². The number of aryl methyl sites for hydroxylation is 2. The number of nitrogens with two attached hydrogens (primary N) is 1. The molecule has 0 radical (unpaired) electrons. The average molecular weight is 385 g/mol. The normalized spacial score (nSPS) is 17.4. The summed E-state index contributed by atoms with van der Waals surface area (Å²) in [5, 5.41) is 15.1. The van der Waals surface area contributed by atoms with Gasteiger partial charge in [0.25, 0.3) is 0 Å². The zero-order chi connectivity index (χ0) is 19.1. The maximum absolute atomic E-state index is 11.5. The van der Waals surface area contributed by atoms with Crippen LogP contribution < -0.4 is 5.73 Å². The molecule has 0 spiro atoms. The third-order valence-electron chi connectivity index (χ3n) is 5.21. The highest BCUT2D eigenvalue weighted by Crippen LogP contribution is 2.41. The molecular formula is C19H23N5O2S. The summed E-state index contributed by atoms with van der Waals surface area (Å²) in [5.74, 6) is 0.480. The third kappa shape index (κ3) is 3.30. The van der Waals surface area contributed by atoms with E-state index in [0.29, 0.717) is 10.8 Å². The Labute approximate surface area is 161 Å². The highest BCUT2D eigenvalue weighted by Gasteiger charge is 2.33. The SMILES string of the molecule is Cc1cccc(C(c2sc3nc(C)nn3c2O)N2CCC(C(N)=O)CC2)c1. The molecular weight excluding hydrogens is 362 g/mol. The Bertz CT molecular complexity index is 987. The monoisotopic (exact) mass is 385 g/mol. The molecule has 4 rings (SSSR count). The van der Waals surface area contributed by atoms with Gasteiger partial charge in [-0.25, -0.2) is 4.98 Å². The van der Waals surface area contributed by atoms with Crippen molar-refractivity contribution in [3.05, 3.63) is 46.1 Å². The molecule has 2 aromatic heterocycles. The number of nitrogens with zero attached hydrogens (tertiary/aromatic N) is 4. The van der Waals surface area contributed by atoms with Crippen LogP contribution in [0.3, 0.4) is 0 Å². The van der Waals surface area contributed by atoms with Gasteiger partial charge in [0.15, 0.2) is 0 Å². The predicted octanol–water partition coefficient (Wildman–Crippen LogP) is 2.40. The minimum atomic E-state index is -0.223. The Morgan fingerprint density at radius 2 is 2.07 bits per heavy atom. The van der Waals surface area contributed by atoms with Crippen LogP contribution in [0.25, 0.3) is 4.96 Å². The number of carbonyl (C=O) groups is 1. The molecule has 1 atom stereocenters. The fourth-order valence-corrected chi connectivity index (χ4v) is 5.00. The molecule has 1 amide bonds. The van der Waals surface area contributed by atoms with Crippen LogP contribution in [0, 0.1) is 19.8 Å². The van der Waals surface area contributed by atoms with Crippen LogP contribution >= 0.6 is 11.3 Å². The maximum Gasteiger partial charge on any atom is 0.230 e. The van der Waals surface area contributed by atoms with Gasteiger partial charge in [-0.2, -0.15) is 4.52 Å². The van der Waals surface area contributed by atoms with E-state index in [-0.39, 0.29) is 23.7 Å². The number of hydrogen-bond acceptors (Lipinski definition) is 6. The highest BCUT2D eigenvalue weighted by atomic mass is 32.1. The largest absolute Gasteiger partial charge is 0.492 e. The molecule has 27 heavy (non-hydrogen) atoms. The molecule has 3 aromatic rings. The van der Waals surface area contributed by atoms with E-state index in [2.05, 4.69) is 40.1 Å². The summed E-state index contributed by atoms with van der Waals surface area (Å²) in [6.07, 6.45) is 1.47. The summed E-state index contributed by atoms with van der Waals surface area (Å²) in [4.78, 5) is 19.8. The second-order valence-corrected chi connectivity index (χ2v) is 8.18. The van der Waals surface area contributed by atoms with E-state index in [1.165, 1.54) is 21.4 Å². The molecule has 0 bridgehead atoms. The first-order valence-corrected chi connectivity index (χ1v) is 9.90. The van der Waals surface area contributed by atoms with Crippen LogP contribution in [0.15, 0.2) is 24.3 Å². The molecule has 1 aliphatic rings. The number of hydrogen-bond donors (Lipinski definition) is 2. The van der Waals surface area contributed by atoms with Gasteiger partial charge in [0, 0.05) is 5.92 Å². The number of likely N-dealkylation sites (tertiary alicyclic amines) is 1. The van der Waals surface area contributed by atoms with Crippen molar-refractivity contribution in [1.29, 1.82) is 0 Å². The van der Waals surface area contributed by atoms with Crippen molar-refractivity contribution in [3.8, 4) is 5.88 Å². The zero-order valence-corrected chi connectivity index (χ0v) is 16.2. The van der Waals surface area contributed by atoms with Crippen molar-refractivity contribution in [2.45, 2.75) is 32.7 Å². The van der Waals surface area contributed by atoms with E-state index in [0.717, 1.165) is 36.4 Å². The molecule has 0 saturated carbocycles. The minimum Gasteiger partial charge on any atom is -0.492 e. The topological polar surface area (TPSA) is 96.8 Å². The van der Waals surface area contributed by atoms with Gasteiger partial charge in [-0.15, -0.1) is 5.10 Å². The van der Waals surface area contributed by atoms with E-state index in [1.807, 2.05) is 13.0 Å². The van der Waals surface area contributed by atoms with Crippen molar-refractivity contribution in [1.82, 2.24) is 19.5 Å². The van der Waals surface area contributed by atoms with Gasteiger partial charge in [-0.3, -0.25) is 9.69 Å². The first-order chi connectivity index (χ1) is 12.9. The van der Waals surface area contributed by atoms with Gasteiger partial charge < -0.3 is 10.8 Å². The van der Waals surface area contributed by atoms with Gasteiger partial charge in [0.1, 0.15) is 5.82 Å². The standard InChI is InChI=1S/C19H23N5O2S/c1-11-4-3-5-14(10-11)15(23-8-6-13(7-9-23)17(20)25)16-18(26)24-19(27-16)21-12(2)22-24/h3-5,10,13,15,26H,6-9H2,1-2H3,(H2,20,25). The van der Waals surface area contributed by atoms with E-state index < -0.39 is 0 Å². The molecule has 7 nitrogen and oxygen atoms in total. The minimum absolute atomic E-state index is 0.0713. The van der Waals surface area contributed by atoms with Crippen molar-refractivity contribution in [3.63, 3.8) is 0 Å². The maximum atomic E-state index is 11.5. The lowest BCUT2D eigenvalue weighted by Gasteiger charge is -2.36. The third-order valence-corrected chi connectivity index (χ3v) is 6.28. The summed E-state index contributed by atoms with van der Waals surface area (Å²) in [6, 6.07) is 8.22. The zero-order valence-electron chi connectivity index (χ0n) is 15.4. The van der Waals surface area contributed by atoms with Crippen LogP contribution in [-0.4, -0.2) is 43.6 Å². The molecule has 1 aromatic carbocycles. The number of aromatic hydroxyl groups is 1. The Balaban J connectivity index is 1.75. The van der Waals surface area contributed by atoms with Gasteiger partial charge in [0.2, 0.25) is 16.7 Å². The second kappa shape index (κ2) is 6.94. The Hall–Kier alpha value is -2.45. The Morgan fingerprint density at radius 1 is 1.33 bits per heavy atom. The van der Waals surface area contributed by atoms with Crippen molar-refractivity contribution in [2.75, 3.05) is 13.1 Å². The number of thiazole rings is 1. The summed E-state index contributed by atoms with van der Waals surface area (Å²) < 4.78 is 1.51. The molecule has 1 unspecified atom stereocenters. The molecule has 1 saturated heterocycles. The number of primary amides is 1. The van der Waals surface area contributed by atoms with Gasteiger partial charge in [-0.1, -0.05) is 41.2 Å². The summed E-state index contributed by atoms with van der Waals surface area (Å²) in [7, 11) is 0. The lowest BCUT2D eigenvalue weighted by molar-refractivity contribution is -0.123. The quantitative estimate of drug-likeness (QED) is 0.719. The Morgan fingerprint density at radius 3 is 2.70 bits per heavy atom. The van der Waals surface area contributed by atoms with Gasteiger partial charge in [-0.05, 0) is 45.3 Å². The number of aromatic nitrogens is 3. The lowest BCUT2D eigenvalue weighted by Crippen LogP contribution is -2.40. The van der Waals surface area contributed by atoms with Gasteiger partial charge in [0.05, 0.1) is 10.9 Å². The molecule has 1 fully saturated rings. The van der Waals surface area contributed by atoms with Crippen molar-refractivity contribution >= 4 is 22.2 Å². The second-order valence-electron chi connectivity index (χ2n) is 7.17. The van der Waals surface area contributed by atoms with Crippen LogP contribution in [0.2, 0.25) is 0 Å². The molecule has 3 N–H and O–H groups in total. The molecule has 0 aliphatic carbocycles. The molecule has 142 valence electrons. The number of rotatable bonds is 4. The van der Waals surface area contributed by atoms with E-state index in [4.69, 9.17) is 5.73 Å².